The summed E-state index contributed by atoms with van der Waals surface area (Å²) < 4.78 is 10.2. The Labute approximate surface area is 95.4 Å². The van der Waals surface area contributed by atoms with E-state index in [0.717, 1.165) is 6.42 Å². The van der Waals surface area contributed by atoms with Crippen molar-refractivity contribution in [2.75, 3.05) is 19.8 Å². The molecule has 1 aliphatic heterocycles. The summed E-state index contributed by atoms with van der Waals surface area (Å²) in [4.78, 5) is 11.8. The Bertz CT molecular complexity index is 277. The second kappa shape index (κ2) is 5.75. The topological polar surface area (TPSA) is 67.8 Å². The van der Waals surface area contributed by atoms with Crippen LogP contribution in [0.3, 0.4) is 0 Å². The molecule has 1 rings (SSSR count). The smallest absolute Gasteiger partial charge is 0.290 e. The van der Waals surface area contributed by atoms with Gasteiger partial charge in [0.15, 0.2) is 0 Å². The highest BCUT2D eigenvalue weighted by atomic mass is 16.6. The van der Waals surface area contributed by atoms with E-state index >= 15 is 0 Å². The molecule has 1 aliphatic rings. The minimum absolute atomic E-state index is 0.0427. The lowest BCUT2D eigenvalue weighted by Crippen LogP contribution is -2.47. The molecule has 0 aromatic carbocycles. The molecule has 5 heteroatoms. The summed E-state index contributed by atoms with van der Waals surface area (Å²) >= 11 is 0. The van der Waals surface area contributed by atoms with Crippen LogP contribution in [-0.2, 0) is 14.3 Å². The zero-order chi connectivity index (χ0) is 12.0. The summed E-state index contributed by atoms with van der Waals surface area (Å²) in [6.45, 7) is 4.76. The molecule has 1 unspecified atom stereocenters. The highest BCUT2D eigenvalue weighted by Crippen LogP contribution is 2.15. The van der Waals surface area contributed by atoms with Crippen molar-refractivity contribution in [2.24, 2.45) is 0 Å². The van der Waals surface area contributed by atoms with Crippen molar-refractivity contribution < 1.29 is 19.4 Å². The molecule has 0 saturated carbocycles. The number of ether oxygens (including phenoxy) is 2. The standard InChI is InChI=1S/C11H19NO4/c1-3-11(2,4-5-13)12-10(14)9-8-15-6-7-16-9/h8,13H,3-7H2,1-2H3,(H,12,14). The van der Waals surface area contributed by atoms with Crippen molar-refractivity contribution in [1.82, 2.24) is 5.32 Å². The summed E-state index contributed by atoms with van der Waals surface area (Å²) in [5.74, 6) is -0.0960. The van der Waals surface area contributed by atoms with Crippen molar-refractivity contribution in [3.8, 4) is 0 Å². The Kier molecular flexibility index (Phi) is 4.61. The lowest BCUT2D eigenvalue weighted by Gasteiger charge is -2.29. The minimum atomic E-state index is -0.409. The number of amides is 1. The fraction of sp³-hybridized carbons (Fsp3) is 0.727. The average Bonchev–Trinajstić information content (AvgIpc) is 2.30. The number of rotatable bonds is 5. The number of carbonyl (C=O) groups excluding carboxylic acids is 1. The van der Waals surface area contributed by atoms with Gasteiger partial charge in [0, 0.05) is 12.1 Å². The van der Waals surface area contributed by atoms with Crippen LogP contribution in [0.15, 0.2) is 12.0 Å². The zero-order valence-corrected chi connectivity index (χ0v) is 9.78. The summed E-state index contributed by atoms with van der Waals surface area (Å²) in [5, 5.41) is 11.8. The van der Waals surface area contributed by atoms with Gasteiger partial charge in [-0.2, -0.15) is 0 Å². The van der Waals surface area contributed by atoms with Crippen LogP contribution in [0.5, 0.6) is 0 Å². The quantitative estimate of drug-likeness (QED) is 0.722. The van der Waals surface area contributed by atoms with E-state index in [2.05, 4.69) is 5.32 Å². The number of hydrogen-bond donors (Lipinski definition) is 2. The molecule has 0 spiro atoms. The van der Waals surface area contributed by atoms with Crippen molar-refractivity contribution in [1.29, 1.82) is 0 Å². The zero-order valence-electron chi connectivity index (χ0n) is 9.78. The normalized spacial score (nSPS) is 18.8. The molecule has 0 bridgehead atoms. The number of aliphatic hydroxyl groups is 1. The molecule has 5 nitrogen and oxygen atoms in total. The molecule has 0 aliphatic carbocycles. The molecule has 2 N–H and O–H groups in total. The number of aliphatic hydroxyl groups excluding tert-OH is 1. The van der Waals surface area contributed by atoms with Gasteiger partial charge >= 0.3 is 0 Å². The summed E-state index contributed by atoms with van der Waals surface area (Å²) in [7, 11) is 0. The molecular weight excluding hydrogens is 210 g/mol. The van der Waals surface area contributed by atoms with Crippen LogP contribution >= 0.6 is 0 Å². The van der Waals surface area contributed by atoms with Crippen LogP contribution in [0.1, 0.15) is 26.7 Å². The van der Waals surface area contributed by atoms with Crippen LogP contribution in [0.25, 0.3) is 0 Å². The molecule has 1 atom stereocenters. The highest BCUT2D eigenvalue weighted by Gasteiger charge is 2.26. The van der Waals surface area contributed by atoms with Crippen LogP contribution in [0.4, 0.5) is 0 Å². The minimum Gasteiger partial charge on any atom is -0.494 e. The van der Waals surface area contributed by atoms with Gasteiger partial charge in [-0.3, -0.25) is 4.79 Å². The maximum atomic E-state index is 11.8. The molecule has 0 aromatic heterocycles. The number of hydrogen-bond acceptors (Lipinski definition) is 4. The van der Waals surface area contributed by atoms with E-state index in [1.807, 2.05) is 13.8 Å². The molecule has 0 aromatic rings. The fourth-order valence-electron chi connectivity index (χ4n) is 1.40. The molecule has 1 heterocycles. The Morgan fingerprint density at radius 3 is 2.88 bits per heavy atom. The van der Waals surface area contributed by atoms with Crippen molar-refractivity contribution in [3.63, 3.8) is 0 Å². The molecule has 16 heavy (non-hydrogen) atoms. The van der Waals surface area contributed by atoms with E-state index in [9.17, 15) is 4.79 Å². The van der Waals surface area contributed by atoms with E-state index < -0.39 is 5.54 Å². The number of nitrogens with one attached hydrogen (secondary N) is 1. The van der Waals surface area contributed by atoms with Gasteiger partial charge in [0.25, 0.3) is 5.91 Å². The second-order valence-corrected chi connectivity index (χ2v) is 4.04. The average molecular weight is 229 g/mol. The van der Waals surface area contributed by atoms with Crippen LogP contribution in [0.2, 0.25) is 0 Å². The molecule has 0 radical (unpaired) electrons. The van der Waals surface area contributed by atoms with E-state index in [-0.39, 0.29) is 18.3 Å². The van der Waals surface area contributed by atoms with E-state index in [0.29, 0.717) is 19.6 Å². The first kappa shape index (κ1) is 12.8. The monoisotopic (exact) mass is 229 g/mol. The molecule has 1 amide bonds. The Morgan fingerprint density at radius 1 is 1.62 bits per heavy atom. The van der Waals surface area contributed by atoms with Gasteiger partial charge in [-0.15, -0.1) is 0 Å². The molecule has 0 saturated heterocycles. The van der Waals surface area contributed by atoms with Crippen LogP contribution in [0, 0.1) is 0 Å². The summed E-state index contributed by atoms with van der Waals surface area (Å²) in [6, 6.07) is 0. The lowest BCUT2D eigenvalue weighted by atomic mass is 9.95. The lowest BCUT2D eigenvalue weighted by molar-refractivity contribution is -0.124. The van der Waals surface area contributed by atoms with Gasteiger partial charge in [-0.05, 0) is 19.8 Å². The predicted molar refractivity (Wildman–Crippen MR) is 58.5 cm³/mol. The predicted octanol–water partition coefficient (Wildman–Crippen LogP) is 0.542. The van der Waals surface area contributed by atoms with Crippen LogP contribution in [-0.4, -0.2) is 36.4 Å². The van der Waals surface area contributed by atoms with Gasteiger partial charge in [0.2, 0.25) is 5.76 Å². The van der Waals surface area contributed by atoms with Crippen LogP contribution < -0.4 is 5.32 Å². The third-order valence-electron chi connectivity index (χ3n) is 2.73. The maximum Gasteiger partial charge on any atom is 0.290 e. The van der Waals surface area contributed by atoms with Crippen molar-refractivity contribution in [2.45, 2.75) is 32.2 Å². The number of carbonyl (C=O) groups is 1. The molecular formula is C11H19NO4. The SMILES string of the molecule is CCC(C)(CCO)NC(=O)C1=COCCO1. The highest BCUT2D eigenvalue weighted by molar-refractivity contribution is 5.91. The largest absolute Gasteiger partial charge is 0.494 e. The molecule has 92 valence electrons. The van der Waals surface area contributed by atoms with Crippen molar-refractivity contribution >= 4 is 5.91 Å². The Balaban J connectivity index is 2.57. The summed E-state index contributed by atoms with van der Waals surface area (Å²) in [5.41, 5.74) is -0.409. The summed E-state index contributed by atoms with van der Waals surface area (Å²) in [6.07, 6.45) is 2.59. The van der Waals surface area contributed by atoms with E-state index in [4.69, 9.17) is 14.6 Å². The van der Waals surface area contributed by atoms with Gasteiger partial charge in [0.1, 0.15) is 19.5 Å². The second-order valence-electron chi connectivity index (χ2n) is 4.04. The van der Waals surface area contributed by atoms with E-state index in [1.165, 1.54) is 6.26 Å². The molecule has 0 fully saturated rings. The van der Waals surface area contributed by atoms with Gasteiger partial charge in [-0.25, -0.2) is 0 Å². The van der Waals surface area contributed by atoms with Crippen molar-refractivity contribution in [3.05, 3.63) is 12.0 Å². The first-order valence-corrected chi connectivity index (χ1v) is 5.49. The third kappa shape index (κ3) is 3.41. The Hall–Kier alpha value is -1.23. The van der Waals surface area contributed by atoms with E-state index in [1.54, 1.807) is 0 Å². The first-order valence-electron chi connectivity index (χ1n) is 5.49. The Morgan fingerprint density at radius 2 is 2.38 bits per heavy atom. The van der Waals surface area contributed by atoms with Gasteiger partial charge < -0.3 is 19.9 Å². The maximum absolute atomic E-state index is 11.8. The van der Waals surface area contributed by atoms with Gasteiger partial charge in [0.05, 0.1) is 0 Å². The first-order chi connectivity index (χ1) is 7.61. The fourth-order valence-corrected chi connectivity index (χ4v) is 1.40. The van der Waals surface area contributed by atoms with Gasteiger partial charge in [-0.1, -0.05) is 6.92 Å². The third-order valence-corrected chi connectivity index (χ3v) is 2.73.